The Balaban J connectivity index is 5.36. The van der Waals surface area contributed by atoms with Crippen molar-refractivity contribution in [3.63, 3.8) is 0 Å². The van der Waals surface area contributed by atoms with Gasteiger partial charge in [0.2, 0.25) is 0 Å². The van der Waals surface area contributed by atoms with Crippen LogP contribution in [0.2, 0.25) is 0 Å². The fraction of sp³-hybridized carbons (Fsp3) is 0.824. The normalized spacial score (nSPS) is 12.9. The van der Waals surface area contributed by atoms with Crippen LogP contribution in [0.15, 0.2) is 0 Å². The van der Waals surface area contributed by atoms with Crippen LogP contribution in [0.4, 0.5) is 0 Å². The zero-order valence-electron chi connectivity index (χ0n) is 14.6. The highest BCUT2D eigenvalue weighted by molar-refractivity contribution is 5.80. The lowest BCUT2D eigenvalue weighted by molar-refractivity contribution is -0.156. The maximum Gasteiger partial charge on any atom is 0.309 e. The molecule has 0 fully saturated rings. The molecule has 0 saturated heterocycles. The van der Waals surface area contributed by atoms with Crippen molar-refractivity contribution in [2.24, 2.45) is 23.2 Å². The third kappa shape index (κ3) is 5.32. The summed E-state index contributed by atoms with van der Waals surface area (Å²) in [5.41, 5.74) is -0.677. The fourth-order valence-corrected chi connectivity index (χ4v) is 2.77. The fourth-order valence-electron chi connectivity index (χ4n) is 2.77. The molecule has 0 bridgehead atoms. The number of rotatable bonds is 9. The highest BCUT2D eigenvalue weighted by Gasteiger charge is 2.42. The summed E-state index contributed by atoms with van der Waals surface area (Å²) in [6, 6.07) is 2.39. The number of carbonyl (C=O) groups excluding carboxylic acids is 2. The number of nitriles is 1. The van der Waals surface area contributed by atoms with Gasteiger partial charge in [-0.15, -0.1) is 0 Å². The van der Waals surface area contributed by atoms with Crippen molar-refractivity contribution in [2.75, 3.05) is 13.2 Å². The Morgan fingerprint density at radius 1 is 1.05 bits per heavy atom. The molecule has 0 heterocycles. The Labute approximate surface area is 134 Å². The van der Waals surface area contributed by atoms with E-state index < -0.39 is 23.3 Å². The summed E-state index contributed by atoms with van der Waals surface area (Å²) in [7, 11) is 0. The molecule has 0 amide bonds. The Hall–Kier alpha value is -1.57. The minimum atomic E-state index is -0.677. The first-order valence-electron chi connectivity index (χ1n) is 7.98. The highest BCUT2D eigenvalue weighted by atomic mass is 16.5. The first kappa shape index (κ1) is 20.4. The molecule has 0 rings (SSSR count). The number of nitrogens with zero attached hydrogens (tertiary/aromatic N) is 1. The minimum Gasteiger partial charge on any atom is -0.466 e. The zero-order valence-corrected chi connectivity index (χ0v) is 14.6. The van der Waals surface area contributed by atoms with Gasteiger partial charge in [0.25, 0.3) is 0 Å². The molecule has 0 aromatic carbocycles. The van der Waals surface area contributed by atoms with E-state index in [9.17, 15) is 14.9 Å². The number of esters is 2. The molecule has 126 valence electrons. The SMILES string of the molecule is CCOC(=O)CC(CC(C#N)(C(C)C)C(C)C)C(=O)OCC. The van der Waals surface area contributed by atoms with Gasteiger partial charge in [-0.05, 0) is 32.1 Å². The molecule has 5 nitrogen and oxygen atoms in total. The molecule has 0 aromatic rings. The first-order valence-corrected chi connectivity index (χ1v) is 7.98. The van der Waals surface area contributed by atoms with Crippen LogP contribution in [0.25, 0.3) is 0 Å². The Morgan fingerprint density at radius 2 is 1.55 bits per heavy atom. The largest absolute Gasteiger partial charge is 0.466 e. The molecule has 22 heavy (non-hydrogen) atoms. The van der Waals surface area contributed by atoms with Crippen LogP contribution in [-0.2, 0) is 19.1 Å². The Morgan fingerprint density at radius 3 is 1.91 bits per heavy atom. The average molecular weight is 311 g/mol. The van der Waals surface area contributed by atoms with E-state index in [-0.39, 0.29) is 31.5 Å². The quantitative estimate of drug-likeness (QED) is 0.610. The van der Waals surface area contributed by atoms with Gasteiger partial charge in [0.1, 0.15) is 0 Å². The van der Waals surface area contributed by atoms with E-state index in [2.05, 4.69) is 6.07 Å². The number of ether oxygens (including phenoxy) is 2. The summed E-state index contributed by atoms with van der Waals surface area (Å²) in [5.74, 6) is -1.38. The third-order valence-electron chi connectivity index (χ3n) is 4.19. The van der Waals surface area contributed by atoms with Crippen molar-refractivity contribution in [2.45, 2.75) is 54.4 Å². The van der Waals surface area contributed by atoms with Gasteiger partial charge in [0.15, 0.2) is 0 Å². The summed E-state index contributed by atoms with van der Waals surface area (Å²) in [6.45, 7) is 11.8. The lowest BCUT2D eigenvalue weighted by Gasteiger charge is -2.36. The minimum absolute atomic E-state index is 0.0461. The lowest BCUT2D eigenvalue weighted by Crippen LogP contribution is -2.37. The van der Waals surface area contributed by atoms with Crippen molar-refractivity contribution in [1.82, 2.24) is 0 Å². The second-order valence-corrected chi connectivity index (χ2v) is 6.12. The van der Waals surface area contributed by atoms with Crippen LogP contribution in [-0.4, -0.2) is 25.2 Å². The molecule has 0 aliphatic carbocycles. The van der Waals surface area contributed by atoms with E-state index in [0.717, 1.165) is 0 Å². The molecular weight excluding hydrogens is 282 g/mol. The molecule has 0 aliphatic heterocycles. The lowest BCUT2D eigenvalue weighted by atomic mass is 9.65. The smallest absolute Gasteiger partial charge is 0.309 e. The van der Waals surface area contributed by atoms with Crippen LogP contribution in [0.1, 0.15) is 54.4 Å². The summed E-state index contributed by atoms with van der Waals surface area (Å²) in [6.07, 6.45) is 0.256. The van der Waals surface area contributed by atoms with Gasteiger partial charge >= 0.3 is 11.9 Å². The Bertz CT molecular complexity index is 401. The molecule has 0 N–H and O–H groups in total. The van der Waals surface area contributed by atoms with Gasteiger partial charge < -0.3 is 9.47 Å². The molecule has 0 radical (unpaired) electrons. The highest BCUT2D eigenvalue weighted by Crippen LogP contribution is 2.42. The third-order valence-corrected chi connectivity index (χ3v) is 4.19. The van der Waals surface area contributed by atoms with Crippen molar-refractivity contribution in [3.05, 3.63) is 0 Å². The molecule has 0 spiro atoms. The van der Waals surface area contributed by atoms with Gasteiger partial charge in [0.05, 0.1) is 37.0 Å². The van der Waals surface area contributed by atoms with Crippen LogP contribution in [0.5, 0.6) is 0 Å². The van der Waals surface area contributed by atoms with Crippen molar-refractivity contribution < 1.29 is 19.1 Å². The van der Waals surface area contributed by atoms with Crippen LogP contribution in [0, 0.1) is 34.5 Å². The summed E-state index contributed by atoms with van der Waals surface area (Å²) < 4.78 is 10.0. The van der Waals surface area contributed by atoms with Crippen molar-refractivity contribution >= 4 is 11.9 Å². The summed E-state index contributed by atoms with van der Waals surface area (Å²) in [5, 5.41) is 9.70. The molecule has 0 aromatic heterocycles. The predicted octanol–water partition coefficient (Wildman–Crippen LogP) is 3.33. The predicted molar refractivity (Wildman–Crippen MR) is 83.7 cm³/mol. The van der Waals surface area contributed by atoms with Gasteiger partial charge in [-0.1, -0.05) is 27.7 Å². The van der Waals surface area contributed by atoms with Gasteiger partial charge in [-0.25, -0.2) is 0 Å². The van der Waals surface area contributed by atoms with Crippen molar-refractivity contribution in [3.8, 4) is 6.07 Å². The monoisotopic (exact) mass is 311 g/mol. The maximum absolute atomic E-state index is 12.2. The standard InChI is InChI=1S/C17H29NO4/c1-7-21-15(19)9-14(16(20)22-8-2)10-17(11-18,12(3)4)13(5)6/h12-14H,7-10H2,1-6H3. The van der Waals surface area contributed by atoms with E-state index >= 15 is 0 Å². The summed E-state index contributed by atoms with van der Waals surface area (Å²) in [4.78, 5) is 23.9. The van der Waals surface area contributed by atoms with Gasteiger partial charge in [0, 0.05) is 0 Å². The van der Waals surface area contributed by atoms with E-state index in [1.54, 1.807) is 13.8 Å². The topological polar surface area (TPSA) is 76.4 Å². The number of carbonyl (C=O) groups is 2. The van der Waals surface area contributed by atoms with Crippen molar-refractivity contribution in [1.29, 1.82) is 5.26 Å². The second-order valence-electron chi connectivity index (χ2n) is 6.12. The molecule has 0 saturated carbocycles. The Kier molecular flexibility index (Phi) is 8.77. The first-order chi connectivity index (χ1) is 10.2. The molecule has 1 atom stereocenters. The second kappa shape index (κ2) is 9.45. The number of hydrogen-bond acceptors (Lipinski definition) is 5. The van der Waals surface area contributed by atoms with Crippen LogP contribution >= 0.6 is 0 Å². The molecule has 0 aliphatic rings. The van der Waals surface area contributed by atoms with Gasteiger partial charge in [-0.2, -0.15) is 5.26 Å². The van der Waals surface area contributed by atoms with E-state index in [1.165, 1.54) is 0 Å². The molecule has 5 heteroatoms. The average Bonchev–Trinajstić information content (AvgIpc) is 2.43. The van der Waals surface area contributed by atoms with E-state index in [0.29, 0.717) is 6.42 Å². The van der Waals surface area contributed by atoms with Crippen LogP contribution in [0.3, 0.4) is 0 Å². The number of hydrogen-bond donors (Lipinski definition) is 0. The van der Waals surface area contributed by atoms with E-state index in [4.69, 9.17) is 9.47 Å². The zero-order chi connectivity index (χ0) is 17.3. The molecule has 1 unspecified atom stereocenters. The van der Waals surface area contributed by atoms with Gasteiger partial charge in [-0.3, -0.25) is 9.59 Å². The van der Waals surface area contributed by atoms with E-state index in [1.807, 2.05) is 27.7 Å². The molecular formula is C17H29NO4. The summed E-state index contributed by atoms with van der Waals surface area (Å²) >= 11 is 0. The maximum atomic E-state index is 12.2. The van der Waals surface area contributed by atoms with Crippen LogP contribution < -0.4 is 0 Å².